The highest BCUT2D eigenvalue weighted by atomic mass is 32.2. The van der Waals surface area contributed by atoms with E-state index in [0.29, 0.717) is 12.1 Å². The first-order valence-corrected chi connectivity index (χ1v) is 19.8. The number of aryl methyl sites for hydroxylation is 5. The number of hydrogen-bond donors (Lipinski definition) is 5. The third-order valence-corrected chi connectivity index (χ3v) is 11.9. The second-order valence-electron chi connectivity index (χ2n) is 14.3. The standard InChI is InChI=1S/C43H46N6O4S/c1-9-32-26(7)42-43-27(8)33(10-2)40(49-43)21-37-25(6)24(5)35(47-37)19-38-28(11-16-41(50)45-29-12-14-31(15-13-29)54(51,52)53)17-30(44-38)18-34-22(3)23(4)36(46-34)20-39(32)48-42/h12-15,17-21,44,46-47H,9-11,16H2,1-8H3,(H,45,50)(H,51,52,53). The summed E-state index contributed by atoms with van der Waals surface area (Å²) in [6.45, 7) is 17.2. The molecule has 1 aromatic carbocycles. The van der Waals surface area contributed by atoms with Gasteiger partial charge in [-0.2, -0.15) is 8.42 Å². The van der Waals surface area contributed by atoms with Crippen LogP contribution >= 0.6 is 0 Å². The van der Waals surface area contributed by atoms with Crippen LogP contribution in [0, 0.1) is 27.7 Å². The number of aromatic amines is 3. The number of rotatable bonds is 7. The van der Waals surface area contributed by atoms with Crippen molar-refractivity contribution in [1.82, 2.24) is 24.9 Å². The maximum absolute atomic E-state index is 13.1. The van der Waals surface area contributed by atoms with Crippen LogP contribution in [0.3, 0.4) is 0 Å². The van der Waals surface area contributed by atoms with Gasteiger partial charge in [-0.3, -0.25) is 9.35 Å². The summed E-state index contributed by atoms with van der Waals surface area (Å²) in [5, 5.41) is 2.84. The van der Waals surface area contributed by atoms with Gasteiger partial charge in [0, 0.05) is 45.2 Å². The molecule has 0 fully saturated rings. The Kier molecular flexibility index (Phi) is 9.57. The molecule has 6 heterocycles. The molecule has 11 heteroatoms. The Bertz CT molecular complexity index is 2760. The van der Waals surface area contributed by atoms with E-state index in [-0.39, 0.29) is 17.2 Å². The molecular weight excluding hydrogens is 697 g/mol. The average molecular weight is 743 g/mol. The minimum atomic E-state index is -4.32. The summed E-state index contributed by atoms with van der Waals surface area (Å²) in [7, 11) is -4.32. The molecule has 10 bridgehead atoms. The molecule has 1 amide bonds. The quantitative estimate of drug-likeness (QED) is 0.105. The van der Waals surface area contributed by atoms with Gasteiger partial charge in [-0.25, -0.2) is 9.97 Å². The number of carbonyl (C=O) groups excluding carboxylic acids is 1. The Morgan fingerprint density at radius 3 is 1.63 bits per heavy atom. The van der Waals surface area contributed by atoms with Crippen LogP contribution in [-0.4, -0.2) is 43.8 Å². The molecule has 2 aliphatic rings. The molecule has 2 aliphatic heterocycles. The van der Waals surface area contributed by atoms with Crippen LogP contribution in [0.25, 0.3) is 55.4 Å². The molecule has 0 spiro atoms. The Labute approximate surface area is 315 Å². The summed E-state index contributed by atoms with van der Waals surface area (Å²) < 4.78 is 32.2. The van der Waals surface area contributed by atoms with Crippen LogP contribution in [0.1, 0.15) is 97.6 Å². The SMILES string of the molecule is CCC1=C(C)c2nc1cc1[nH]c(cc3cc(CCC(=O)Nc4ccc(S(=O)(=O)O)cc4)c(cc4[nH]c(cc5nc2C(C)=C5CC)c(C)c4C)[nH]3)c(C)c1C. The van der Waals surface area contributed by atoms with Crippen LogP contribution < -0.4 is 5.32 Å². The van der Waals surface area contributed by atoms with Crippen LogP contribution in [0.4, 0.5) is 5.69 Å². The molecule has 0 unspecified atom stereocenters. The smallest absolute Gasteiger partial charge is 0.294 e. The number of fused-ring (bicyclic) bond motifs is 11. The summed E-state index contributed by atoms with van der Waals surface area (Å²) in [4.78, 5) is 34.3. The van der Waals surface area contributed by atoms with Gasteiger partial charge >= 0.3 is 0 Å². The second-order valence-corrected chi connectivity index (χ2v) is 15.7. The highest BCUT2D eigenvalue weighted by Crippen LogP contribution is 2.40. The molecule has 0 radical (unpaired) electrons. The highest BCUT2D eigenvalue weighted by molar-refractivity contribution is 7.85. The number of carbonyl (C=O) groups is 1. The Balaban J connectivity index is 1.41. The number of anilines is 1. The zero-order chi connectivity index (χ0) is 38.6. The van der Waals surface area contributed by atoms with Crippen molar-refractivity contribution >= 4 is 77.1 Å². The van der Waals surface area contributed by atoms with Crippen molar-refractivity contribution in [2.75, 3.05) is 5.32 Å². The van der Waals surface area contributed by atoms with E-state index < -0.39 is 10.1 Å². The molecule has 7 rings (SSSR count). The van der Waals surface area contributed by atoms with Crippen molar-refractivity contribution in [2.24, 2.45) is 0 Å². The Morgan fingerprint density at radius 2 is 1.15 bits per heavy atom. The predicted molar refractivity (Wildman–Crippen MR) is 219 cm³/mol. The molecular formula is C43H46N6O4S. The van der Waals surface area contributed by atoms with E-state index in [0.717, 1.165) is 102 Å². The van der Waals surface area contributed by atoms with Crippen LogP contribution in [0.5, 0.6) is 0 Å². The maximum atomic E-state index is 13.1. The molecule has 0 atom stereocenters. The second kappa shape index (κ2) is 14.0. The normalized spacial score (nSPS) is 13.3. The van der Waals surface area contributed by atoms with Gasteiger partial charge < -0.3 is 20.3 Å². The van der Waals surface area contributed by atoms with Crippen LogP contribution in [0.15, 0.2) is 59.5 Å². The summed E-state index contributed by atoms with van der Waals surface area (Å²) in [6, 6.07) is 16.0. The lowest BCUT2D eigenvalue weighted by molar-refractivity contribution is -0.116. The maximum Gasteiger partial charge on any atom is 0.294 e. The fourth-order valence-corrected chi connectivity index (χ4v) is 8.04. The summed E-state index contributed by atoms with van der Waals surface area (Å²) in [5.74, 6) is -0.219. The number of hydrogen-bond acceptors (Lipinski definition) is 5. The average Bonchev–Trinajstić information content (AvgIpc) is 3.88. The van der Waals surface area contributed by atoms with Crippen LogP contribution in [-0.2, 0) is 21.3 Å². The van der Waals surface area contributed by atoms with Gasteiger partial charge in [-0.15, -0.1) is 0 Å². The summed E-state index contributed by atoms with van der Waals surface area (Å²) >= 11 is 0. The van der Waals surface area contributed by atoms with Gasteiger partial charge in [0.05, 0.1) is 27.7 Å². The number of allylic oxidation sites excluding steroid dienone is 4. The first-order chi connectivity index (χ1) is 25.7. The fraction of sp³-hybridized carbons (Fsp3) is 0.279. The largest absolute Gasteiger partial charge is 0.355 e. The van der Waals surface area contributed by atoms with Gasteiger partial charge in [0.1, 0.15) is 0 Å². The number of amides is 1. The van der Waals surface area contributed by atoms with E-state index in [1.165, 1.54) is 41.0 Å². The van der Waals surface area contributed by atoms with Gasteiger partial charge in [-0.1, -0.05) is 13.8 Å². The molecule has 0 saturated carbocycles. The third-order valence-electron chi connectivity index (χ3n) is 11.1. The Morgan fingerprint density at radius 1 is 0.667 bits per heavy atom. The highest BCUT2D eigenvalue weighted by Gasteiger charge is 2.25. The number of nitrogens with one attached hydrogen (secondary N) is 4. The molecule has 278 valence electrons. The third kappa shape index (κ3) is 6.73. The van der Waals surface area contributed by atoms with E-state index in [2.05, 4.69) is 106 Å². The minimum Gasteiger partial charge on any atom is -0.355 e. The number of nitrogens with zero attached hydrogens (tertiary/aromatic N) is 2. The summed E-state index contributed by atoms with van der Waals surface area (Å²) in [6.07, 6.45) is 2.35. The molecule has 10 nitrogen and oxygen atoms in total. The predicted octanol–water partition coefficient (Wildman–Crippen LogP) is 10.1. The molecule has 54 heavy (non-hydrogen) atoms. The first kappa shape index (κ1) is 36.8. The number of benzene rings is 1. The molecule has 4 aromatic heterocycles. The molecule has 0 saturated heterocycles. The van der Waals surface area contributed by atoms with Crippen molar-refractivity contribution in [1.29, 1.82) is 0 Å². The lowest BCUT2D eigenvalue weighted by Gasteiger charge is -2.05. The van der Waals surface area contributed by atoms with Crippen LogP contribution in [0.2, 0.25) is 0 Å². The van der Waals surface area contributed by atoms with Crippen molar-refractivity contribution < 1.29 is 17.8 Å². The van der Waals surface area contributed by atoms with Gasteiger partial charge in [0.2, 0.25) is 5.91 Å². The molecule has 0 aliphatic carbocycles. The van der Waals surface area contributed by atoms with E-state index in [1.807, 2.05) is 0 Å². The van der Waals surface area contributed by atoms with Crippen molar-refractivity contribution in [3.63, 3.8) is 0 Å². The zero-order valence-corrected chi connectivity index (χ0v) is 32.8. The lowest BCUT2D eigenvalue weighted by atomic mass is 9.99. The first-order valence-electron chi connectivity index (χ1n) is 18.4. The topological polar surface area (TPSA) is 157 Å². The van der Waals surface area contributed by atoms with Gasteiger partial charge in [0.15, 0.2) is 0 Å². The fourth-order valence-electron chi connectivity index (χ4n) is 7.56. The summed E-state index contributed by atoms with van der Waals surface area (Å²) in [5.41, 5.74) is 20.2. The lowest BCUT2D eigenvalue weighted by Crippen LogP contribution is -2.12. The Hall–Kier alpha value is -5.52. The monoisotopic (exact) mass is 742 g/mol. The zero-order valence-electron chi connectivity index (χ0n) is 32.0. The van der Waals surface area contributed by atoms with Crippen molar-refractivity contribution in [3.05, 3.63) is 105 Å². The number of aromatic nitrogens is 5. The number of H-pyrrole nitrogens is 3. The van der Waals surface area contributed by atoms with E-state index >= 15 is 0 Å². The van der Waals surface area contributed by atoms with Crippen molar-refractivity contribution in [3.8, 4) is 0 Å². The molecule has 5 aromatic rings. The van der Waals surface area contributed by atoms with Crippen molar-refractivity contribution in [2.45, 2.75) is 86.0 Å². The van der Waals surface area contributed by atoms with E-state index in [1.54, 1.807) is 0 Å². The minimum absolute atomic E-state index is 0.192. The van der Waals surface area contributed by atoms with E-state index in [4.69, 9.17) is 9.97 Å². The van der Waals surface area contributed by atoms with E-state index in [9.17, 15) is 17.8 Å². The molecule has 5 N–H and O–H groups in total. The van der Waals surface area contributed by atoms with Gasteiger partial charge in [0.25, 0.3) is 10.1 Å². The van der Waals surface area contributed by atoms with Gasteiger partial charge in [-0.05, 0) is 166 Å².